The topological polar surface area (TPSA) is 119 Å². The molecule has 0 bridgehead atoms. The van der Waals surface area contributed by atoms with Gasteiger partial charge in [-0.25, -0.2) is 23.5 Å². The molecule has 0 aliphatic rings. The lowest BCUT2D eigenvalue weighted by Gasteiger charge is -2.11. The number of esters is 1. The molecule has 0 saturated carbocycles. The number of aromatic nitrogens is 2. The molecular weight excluding hydrogens is 424 g/mol. The van der Waals surface area contributed by atoms with E-state index in [4.69, 9.17) is 4.74 Å². The van der Waals surface area contributed by atoms with Crippen LogP contribution in [-0.4, -0.2) is 27.5 Å². The van der Waals surface area contributed by atoms with Gasteiger partial charge in [-0.2, -0.15) is 0 Å². The van der Waals surface area contributed by atoms with Crippen LogP contribution in [0.4, 0.5) is 37.5 Å². The van der Waals surface area contributed by atoms with Gasteiger partial charge in [-0.3, -0.25) is 10.1 Å². The predicted molar refractivity (Wildman–Crippen MR) is 113 cm³/mol. The largest absolute Gasteiger partial charge is 0.462 e. The monoisotopic (exact) mass is 443 g/mol. The van der Waals surface area contributed by atoms with Crippen molar-refractivity contribution in [2.75, 3.05) is 17.2 Å². The highest BCUT2D eigenvalue weighted by Crippen LogP contribution is 2.33. The maximum absolute atomic E-state index is 13.5. The van der Waals surface area contributed by atoms with Crippen LogP contribution in [0.1, 0.15) is 24.2 Å². The Hall–Kier alpha value is -4.15. The third kappa shape index (κ3) is 5.50. The van der Waals surface area contributed by atoms with Gasteiger partial charge in [0.2, 0.25) is 11.6 Å². The molecule has 0 aliphatic heterocycles. The van der Waals surface area contributed by atoms with Crippen LogP contribution in [0.5, 0.6) is 0 Å². The number of nitrogens with zero attached hydrogens (tertiary/aromatic N) is 3. The number of carbonyl (C=O) groups is 1. The number of hydrogen-bond acceptors (Lipinski definition) is 8. The standard InChI is InChI=1S/C21H19F2N5O4/c1-12(2)10-32-21(29)13-3-5-14(6-4-13)26-19-18(28(30)31)20(25-11-24-19)27-15-7-8-16(22)17(23)9-15/h3-9,11-12H,10H2,1-2H3,(H2,24,25,26,27). The van der Waals surface area contributed by atoms with E-state index < -0.39 is 28.2 Å². The summed E-state index contributed by atoms with van der Waals surface area (Å²) >= 11 is 0. The quantitative estimate of drug-likeness (QED) is 0.285. The van der Waals surface area contributed by atoms with Crippen LogP contribution in [0.2, 0.25) is 0 Å². The van der Waals surface area contributed by atoms with Gasteiger partial charge in [0, 0.05) is 17.4 Å². The number of anilines is 4. The summed E-state index contributed by atoms with van der Waals surface area (Å²) in [6, 6.07) is 9.06. The van der Waals surface area contributed by atoms with Crippen molar-refractivity contribution < 1.29 is 23.2 Å². The van der Waals surface area contributed by atoms with Crippen molar-refractivity contribution in [2.45, 2.75) is 13.8 Å². The van der Waals surface area contributed by atoms with Crippen LogP contribution in [0.3, 0.4) is 0 Å². The zero-order valence-electron chi connectivity index (χ0n) is 17.1. The highest BCUT2D eigenvalue weighted by atomic mass is 19.2. The second kappa shape index (κ2) is 9.77. The van der Waals surface area contributed by atoms with Gasteiger partial charge in [0.1, 0.15) is 6.33 Å². The Labute approximate surface area is 181 Å². The zero-order valence-corrected chi connectivity index (χ0v) is 17.1. The molecule has 0 unspecified atom stereocenters. The second-order valence-electron chi connectivity index (χ2n) is 7.13. The molecular formula is C21H19F2N5O4. The van der Waals surface area contributed by atoms with Gasteiger partial charge >= 0.3 is 11.7 Å². The van der Waals surface area contributed by atoms with Crippen molar-refractivity contribution in [1.82, 2.24) is 9.97 Å². The van der Waals surface area contributed by atoms with Gasteiger partial charge in [-0.1, -0.05) is 13.8 Å². The molecule has 0 radical (unpaired) electrons. The van der Waals surface area contributed by atoms with Crippen molar-refractivity contribution in [3.63, 3.8) is 0 Å². The molecule has 1 heterocycles. The van der Waals surface area contributed by atoms with E-state index in [9.17, 15) is 23.7 Å². The molecule has 3 rings (SSSR count). The minimum atomic E-state index is -1.11. The van der Waals surface area contributed by atoms with E-state index in [-0.39, 0.29) is 23.2 Å². The number of nitro groups is 1. The molecule has 0 amide bonds. The molecule has 9 nitrogen and oxygen atoms in total. The van der Waals surface area contributed by atoms with Crippen LogP contribution < -0.4 is 10.6 Å². The molecule has 1 aromatic heterocycles. The Kier molecular flexibility index (Phi) is 6.88. The molecule has 166 valence electrons. The minimum Gasteiger partial charge on any atom is -0.462 e. The first kappa shape index (κ1) is 22.5. The number of carbonyl (C=O) groups excluding carboxylic acids is 1. The van der Waals surface area contributed by atoms with E-state index in [1.54, 1.807) is 12.1 Å². The molecule has 11 heteroatoms. The molecule has 2 N–H and O–H groups in total. The summed E-state index contributed by atoms with van der Waals surface area (Å²) in [5.41, 5.74) is 0.318. The summed E-state index contributed by atoms with van der Waals surface area (Å²) in [7, 11) is 0. The first-order valence-corrected chi connectivity index (χ1v) is 9.50. The number of benzene rings is 2. The highest BCUT2D eigenvalue weighted by molar-refractivity contribution is 5.90. The summed E-state index contributed by atoms with van der Waals surface area (Å²) in [4.78, 5) is 30.7. The SMILES string of the molecule is CC(C)COC(=O)c1ccc(Nc2ncnc(Nc3ccc(F)c(F)c3)c2[N+](=O)[O-])cc1. The molecule has 0 atom stereocenters. The van der Waals surface area contributed by atoms with Gasteiger partial charge in [0.05, 0.1) is 17.1 Å². The lowest BCUT2D eigenvalue weighted by molar-refractivity contribution is -0.383. The Morgan fingerprint density at radius 2 is 1.62 bits per heavy atom. The Morgan fingerprint density at radius 1 is 1.03 bits per heavy atom. The van der Waals surface area contributed by atoms with Gasteiger partial charge in [-0.05, 0) is 42.3 Å². The average molecular weight is 443 g/mol. The fraction of sp³-hybridized carbons (Fsp3) is 0.190. The third-order valence-corrected chi connectivity index (χ3v) is 4.12. The van der Waals surface area contributed by atoms with E-state index in [1.165, 1.54) is 18.2 Å². The van der Waals surface area contributed by atoms with Crippen molar-refractivity contribution in [2.24, 2.45) is 5.92 Å². The maximum Gasteiger partial charge on any atom is 0.353 e. The first-order valence-electron chi connectivity index (χ1n) is 9.50. The van der Waals surface area contributed by atoms with E-state index >= 15 is 0 Å². The van der Waals surface area contributed by atoms with E-state index in [0.29, 0.717) is 17.9 Å². The zero-order chi connectivity index (χ0) is 23.3. The lowest BCUT2D eigenvalue weighted by atomic mass is 10.2. The van der Waals surface area contributed by atoms with E-state index in [2.05, 4.69) is 20.6 Å². The van der Waals surface area contributed by atoms with E-state index in [0.717, 1.165) is 18.5 Å². The van der Waals surface area contributed by atoms with Gasteiger partial charge in [0.25, 0.3) is 0 Å². The predicted octanol–water partition coefficient (Wildman–Crippen LogP) is 4.96. The van der Waals surface area contributed by atoms with Gasteiger partial charge < -0.3 is 15.4 Å². The summed E-state index contributed by atoms with van der Waals surface area (Å²) in [5.74, 6) is -2.79. The molecule has 0 fully saturated rings. The highest BCUT2D eigenvalue weighted by Gasteiger charge is 2.24. The second-order valence-corrected chi connectivity index (χ2v) is 7.13. The summed E-state index contributed by atoms with van der Waals surface area (Å²) in [6.45, 7) is 4.13. The molecule has 0 aliphatic carbocycles. The first-order chi connectivity index (χ1) is 15.2. The van der Waals surface area contributed by atoms with Gasteiger partial charge in [0.15, 0.2) is 11.6 Å². The fourth-order valence-corrected chi connectivity index (χ4v) is 2.60. The Balaban J connectivity index is 1.82. The van der Waals surface area contributed by atoms with Gasteiger partial charge in [-0.15, -0.1) is 0 Å². The molecule has 3 aromatic rings. The third-order valence-electron chi connectivity index (χ3n) is 4.12. The Morgan fingerprint density at radius 3 is 2.19 bits per heavy atom. The molecule has 0 saturated heterocycles. The van der Waals surface area contributed by atoms with Crippen molar-refractivity contribution >= 4 is 34.7 Å². The van der Waals surface area contributed by atoms with Crippen LogP contribution >= 0.6 is 0 Å². The number of hydrogen-bond donors (Lipinski definition) is 2. The maximum atomic E-state index is 13.5. The normalized spacial score (nSPS) is 10.7. The van der Waals surface area contributed by atoms with Crippen molar-refractivity contribution in [3.05, 3.63) is 76.1 Å². The number of halogens is 2. The number of ether oxygens (including phenoxy) is 1. The summed E-state index contributed by atoms with van der Waals surface area (Å²) < 4.78 is 31.7. The smallest absolute Gasteiger partial charge is 0.353 e. The van der Waals surface area contributed by atoms with Crippen molar-refractivity contribution in [1.29, 1.82) is 0 Å². The Bertz CT molecular complexity index is 1140. The van der Waals surface area contributed by atoms with Crippen LogP contribution in [-0.2, 0) is 4.74 Å². The summed E-state index contributed by atoms with van der Waals surface area (Å²) in [6.07, 6.45) is 1.08. The lowest BCUT2D eigenvalue weighted by Crippen LogP contribution is -2.10. The fourth-order valence-electron chi connectivity index (χ4n) is 2.60. The minimum absolute atomic E-state index is 0.0703. The van der Waals surface area contributed by atoms with Crippen molar-refractivity contribution in [3.8, 4) is 0 Å². The van der Waals surface area contributed by atoms with Crippen LogP contribution in [0, 0.1) is 27.7 Å². The van der Waals surface area contributed by atoms with E-state index in [1.807, 2.05) is 13.8 Å². The molecule has 0 spiro atoms. The average Bonchev–Trinajstić information content (AvgIpc) is 2.75. The summed E-state index contributed by atoms with van der Waals surface area (Å²) in [5, 5.41) is 17.1. The number of nitrogens with one attached hydrogen (secondary N) is 2. The van der Waals surface area contributed by atoms with Crippen LogP contribution in [0.25, 0.3) is 0 Å². The molecule has 32 heavy (non-hydrogen) atoms. The molecule has 2 aromatic carbocycles. The van der Waals surface area contributed by atoms with Crippen LogP contribution in [0.15, 0.2) is 48.8 Å². The number of rotatable bonds is 8.